The van der Waals surface area contributed by atoms with Crippen LogP contribution in [0.4, 0.5) is 0 Å². The second kappa shape index (κ2) is 7.92. The minimum atomic E-state index is -0.158. The van der Waals surface area contributed by atoms with Crippen molar-refractivity contribution in [2.45, 2.75) is 20.3 Å². The first kappa shape index (κ1) is 16.5. The first-order chi connectivity index (χ1) is 9.22. The molecule has 0 aliphatic carbocycles. The number of fused-ring (bicyclic) bond motifs is 1. The molecule has 1 aromatic heterocycles. The van der Waals surface area contributed by atoms with Crippen LogP contribution < -0.4 is 10.6 Å². The Kier molecular flexibility index (Phi) is 6.55. The number of halogens is 1. The summed E-state index contributed by atoms with van der Waals surface area (Å²) in [5.41, 5.74) is 1.83. The Labute approximate surface area is 125 Å². The zero-order chi connectivity index (χ0) is 13.7. The van der Waals surface area contributed by atoms with Gasteiger partial charge in [0, 0.05) is 18.5 Å². The van der Waals surface area contributed by atoms with E-state index in [1.54, 1.807) is 6.07 Å². The molecule has 0 fully saturated rings. The lowest BCUT2D eigenvalue weighted by Crippen LogP contribution is -2.31. The van der Waals surface area contributed by atoms with Crippen LogP contribution in [0.1, 0.15) is 29.5 Å². The van der Waals surface area contributed by atoms with Crippen LogP contribution in [0.5, 0.6) is 0 Å². The topological polar surface area (TPSA) is 54.3 Å². The molecule has 0 radical (unpaired) electrons. The third-order valence-electron chi connectivity index (χ3n) is 2.98. The van der Waals surface area contributed by atoms with E-state index in [0.29, 0.717) is 12.3 Å². The van der Waals surface area contributed by atoms with Gasteiger partial charge >= 0.3 is 0 Å². The second-order valence-electron chi connectivity index (χ2n) is 4.61. The minimum Gasteiger partial charge on any atom is -0.451 e. The van der Waals surface area contributed by atoms with Gasteiger partial charge in [0.05, 0.1) is 0 Å². The van der Waals surface area contributed by atoms with E-state index in [4.69, 9.17) is 4.42 Å². The molecule has 4 nitrogen and oxygen atoms in total. The highest BCUT2D eigenvalue weighted by Crippen LogP contribution is 2.22. The van der Waals surface area contributed by atoms with Crippen LogP contribution in [-0.4, -0.2) is 25.5 Å². The quantitative estimate of drug-likeness (QED) is 0.806. The molecule has 5 heteroatoms. The maximum absolute atomic E-state index is 11.9. The summed E-state index contributed by atoms with van der Waals surface area (Å²) in [6.45, 7) is 6.44. The number of benzene rings is 1. The van der Waals surface area contributed by atoms with Gasteiger partial charge in [-0.05, 0) is 31.5 Å². The van der Waals surface area contributed by atoms with Crippen molar-refractivity contribution < 1.29 is 9.21 Å². The molecule has 0 bridgehead atoms. The zero-order valence-electron chi connectivity index (χ0n) is 11.9. The third kappa shape index (κ3) is 3.99. The standard InChI is InChI=1S/C15H20N2O2.ClH/c1-3-7-16-8-9-17-15(18)13-10-12-6-4-5-11(2)14(12)19-13;/h4-6,10,16H,3,7-9H2,1-2H3,(H,17,18);1H. The maximum atomic E-state index is 11.9. The molecule has 0 aliphatic heterocycles. The minimum absolute atomic E-state index is 0. The van der Waals surface area contributed by atoms with Gasteiger partial charge in [-0.25, -0.2) is 0 Å². The molecule has 20 heavy (non-hydrogen) atoms. The van der Waals surface area contributed by atoms with Crippen molar-refractivity contribution in [1.82, 2.24) is 10.6 Å². The lowest BCUT2D eigenvalue weighted by molar-refractivity contribution is 0.0928. The number of nitrogens with one attached hydrogen (secondary N) is 2. The van der Waals surface area contributed by atoms with Crippen molar-refractivity contribution in [3.8, 4) is 0 Å². The van der Waals surface area contributed by atoms with E-state index in [1.807, 2.05) is 25.1 Å². The second-order valence-corrected chi connectivity index (χ2v) is 4.61. The molecule has 0 unspecified atom stereocenters. The molecule has 2 N–H and O–H groups in total. The number of aryl methyl sites for hydroxylation is 1. The predicted molar refractivity (Wildman–Crippen MR) is 83.7 cm³/mol. The molecular weight excluding hydrogens is 276 g/mol. The molecular formula is C15H21ClN2O2. The Morgan fingerprint density at radius 1 is 1.25 bits per heavy atom. The lowest BCUT2D eigenvalue weighted by Gasteiger charge is -2.04. The normalized spacial score (nSPS) is 10.3. The highest BCUT2D eigenvalue weighted by Gasteiger charge is 2.12. The molecule has 2 aromatic rings. The summed E-state index contributed by atoms with van der Waals surface area (Å²) < 4.78 is 5.61. The van der Waals surface area contributed by atoms with Gasteiger partial charge in [-0.1, -0.05) is 25.1 Å². The fourth-order valence-corrected chi connectivity index (χ4v) is 1.97. The van der Waals surface area contributed by atoms with E-state index in [2.05, 4.69) is 17.6 Å². The van der Waals surface area contributed by atoms with Crippen LogP contribution in [-0.2, 0) is 0 Å². The highest BCUT2D eigenvalue weighted by atomic mass is 35.5. The fraction of sp³-hybridized carbons (Fsp3) is 0.400. The van der Waals surface area contributed by atoms with E-state index in [0.717, 1.165) is 36.0 Å². The lowest BCUT2D eigenvalue weighted by atomic mass is 10.2. The van der Waals surface area contributed by atoms with E-state index >= 15 is 0 Å². The average Bonchev–Trinajstić information content (AvgIpc) is 2.84. The number of furan rings is 1. The molecule has 1 aromatic carbocycles. The van der Waals surface area contributed by atoms with Gasteiger partial charge in [-0.15, -0.1) is 12.4 Å². The van der Waals surface area contributed by atoms with Crippen molar-refractivity contribution in [2.75, 3.05) is 19.6 Å². The fourth-order valence-electron chi connectivity index (χ4n) is 1.97. The van der Waals surface area contributed by atoms with Gasteiger partial charge in [-0.2, -0.15) is 0 Å². The van der Waals surface area contributed by atoms with Gasteiger partial charge in [0.1, 0.15) is 5.58 Å². The van der Waals surface area contributed by atoms with Crippen molar-refractivity contribution in [1.29, 1.82) is 0 Å². The Balaban J connectivity index is 0.00000200. The summed E-state index contributed by atoms with van der Waals surface area (Å²) >= 11 is 0. The van der Waals surface area contributed by atoms with Gasteiger partial charge in [0.2, 0.25) is 0 Å². The Bertz CT molecular complexity index is 566. The summed E-state index contributed by atoms with van der Waals surface area (Å²) in [7, 11) is 0. The number of para-hydroxylation sites is 1. The summed E-state index contributed by atoms with van der Waals surface area (Å²) in [4.78, 5) is 11.9. The molecule has 1 heterocycles. The van der Waals surface area contributed by atoms with Crippen LogP contribution in [0.3, 0.4) is 0 Å². The summed E-state index contributed by atoms with van der Waals surface area (Å²) in [6, 6.07) is 7.67. The van der Waals surface area contributed by atoms with E-state index in [1.165, 1.54) is 0 Å². The van der Waals surface area contributed by atoms with Crippen molar-refractivity contribution in [2.24, 2.45) is 0 Å². The molecule has 1 amide bonds. The third-order valence-corrected chi connectivity index (χ3v) is 2.98. The van der Waals surface area contributed by atoms with Crippen LogP contribution in [0, 0.1) is 6.92 Å². The van der Waals surface area contributed by atoms with Gasteiger partial charge in [0.25, 0.3) is 5.91 Å². The largest absolute Gasteiger partial charge is 0.451 e. The molecule has 0 saturated carbocycles. The van der Waals surface area contributed by atoms with Crippen molar-refractivity contribution in [3.05, 3.63) is 35.6 Å². The highest BCUT2D eigenvalue weighted by molar-refractivity contribution is 5.96. The van der Waals surface area contributed by atoms with Crippen molar-refractivity contribution >= 4 is 29.3 Å². The van der Waals surface area contributed by atoms with Crippen LogP contribution >= 0.6 is 12.4 Å². The summed E-state index contributed by atoms with van der Waals surface area (Å²) in [6.07, 6.45) is 1.09. The van der Waals surface area contributed by atoms with E-state index < -0.39 is 0 Å². The molecule has 2 rings (SSSR count). The Morgan fingerprint density at radius 2 is 2.05 bits per heavy atom. The number of carbonyl (C=O) groups is 1. The molecule has 0 spiro atoms. The van der Waals surface area contributed by atoms with Gasteiger partial charge < -0.3 is 15.1 Å². The summed E-state index contributed by atoms with van der Waals surface area (Å²) in [5, 5.41) is 7.04. The number of hydrogen-bond acceptors (Lipinski definition) is 3. The molecule has 0 atom stereocenters. The SMILES string of the molecule is CCCNCCNC(=O)c1cc2cccc(C)c2o1.Cl. The van der Waals surface area contributed by atoms with Gasteiger partial charge in [-0.3, -0.25) is 4.79 Å². The molecule has 110 valence electrons. The Hall–Kier alpha value is -1.52. The van der Waals surface area contributed by atoms with E-state index in [9.17, 15) is 4.79 Å². The first-order valence-electron chi connectivity index (χ1n) is 6.70. The Morgan fingerprint density at radius 3 is 2.75 bits per heavy atom. The number of carbonyl (C=O) groups excluding carboxylic acids is 1. The molecule has 0 aliphatic rings. The summed E-state index contributed by atoms with van der Waals surface area (Å²) in [5.74, 6) is 0.216. The number of rotatable bonds is 6. The molecule has 0 saturated heterocycles. The van der Waals surface area contributed by atoms with E-state index in [-0.39, 0.29) is 18.3 Å². The number of amides is 1. The number of hydrogen-bond donors (Lipinski definition) is 2. The van der Waals surface area contributed by atoms with Crippen LogP contribution in [0.2, 0.25) is 0 Å². The monoisotopic (exact) mass is 296 g/mol. The van der Waals surface area contributed by atoms with Crippen LogP contribution in [0.25, 0.3) is 11.0 Å². The maximum Gasteiger partial charge on any atom is 0.287 e. The van der Waals surface area contributed by atoms with Crippen molar-refractivity contribution in [3.63, 3.8) is 0 Å². The average molecular weight is 297 g/mol. The zero-order valence-corrected chi connectivity index (χ0v) is 12.7. The van der Waals surface area contributed by atoms with Crippen LogP contribution in [0.15, 0.2) is 28.7 Å². The van der Waals surface area contributed by atoms with Gasteiger partial charge in [0.15, 0.2) is 5.76 Å². The smallest absolute Gasteiger partial charge is 0.287 e. The predicted octanol–water partition coefficient (Wildman–Crippen LogP) is 2.89. The first-order valence-corrected chi connectivity index (χ1v) is 6.70.